The number of anilines is 1. The normalized spacial score (nSPS) is 14.0. The second-order valence-corrected chi connectivity index (χ2v) is 8.79. The minimum Gasteiger partial charge on any atom is -0.475 e. The average molecular weight is 535 g/mol. The number of nitrogens with one attached hydrogen (secondary N) is 1. The molecule has 0 bridgehead atoms. The summed E-state index contributed by atoms with van der Waals surface area (Å²) < 4.78 is 24.7. The molecule has 0 radical (unpaired) electrons. The highest BCUT2D eigenvalue weighted by atomic mass is 35.5. The Morgan fingerprint density at radius 3 is 2.69 bits per heavy atom. The quantitative estimate of drug-likeness (QED) is 0.402. The summed E-state index contributed by atoms with van der Waals surface area (Å²) in [5.41, 5.74) is 7.68. The monoisotopic (exact) mass is 534 g/mol. The molecule has 0 spiro atoms. The Labute approximate surface area is 217 Å². The van der Waals surface area contributed by atoms with Crippen LogP contribution in [-0.2, 0) is 11.2 Å². The summed E-state index contributed by atoms with van der Waals surface area (Å²) in [5, 5.41) is 3.19. The standard InChI is InChI=1S/C24H25Cl2FN6O3/c25-17-2-3-18(27)21(26)16(17)5-10-36-24-22(28)31-14-20(32-24)19-4-1-15(13-30-19)23(34)29-6-7-33-8-11-35-12-9-33/h1-4,13-14H,5-12H2,(H2,28,31)(H,29,34). The van der Waals surface area contributed by atoms with Gasteiger partial charge in [-0.3, -0.25) is 14.7 Å². The van der Waals surface area contributed by atoms with Gasteiger partial charge in [-0.15, -0.1) is 0 Å². The van der Waals surface area contributed by atoms with E-state index in [1.54, 1.807) is 12.1 Å². The lowest BCUT2D eigenvalue weighted by Gasteiger charge is -2.26. The molecule has 2 aromatic heterocycles. The number of hydrogen-bond donors (Lipinski definition) is 2. The number of pyridine rings is 1. The highest BCUT2D eigenvalue weighted by Crippen LogP contribution is 2.28. The molecule has 1 saturated heterocycles. The van der Waals surface area contributed by atoms with Crippen molar-refractivity contribution in [2.24, 2.45) is 0 Å². The number of amides is 1. The molecule has 3 N–H and O–H groups in total. The van der Waals surface area contributed by atoms with Crippen molar-refractivity contribution in [3.05, 3.63) is 63.6 Å². The first-order chi connectivity index (χ1) is 17.4. The molecule has 0 aliphatic carbocycles. The minimum absolute atomic E-state index is 0.0478. The van der Waals surface area contributed by atoms with E-state index in [0.29, 0.717) is 34.1 Å². The van der Waals surface area contributed by atoms with Gasteiger partial charge in [0.05, 0.1) is 42.3 Å². The van der Waals surface area contributed by atoms with Gasteiger partial charge < -0.3 is 20.5 Å². The number of carbonyl (C=O) groups excluding carboxylic acids is 1. The average Bonchev–Trinajstić information content (AvgIpc) is 2.90. The molecule has 1 fully saturated rings. The van der Waals surface area contributed by atoms with Crippen LogP contribution in [0.1, 0.15) is 15.9 Å². The van der Waals surface area contributed by atoms with Gasteiger partial charge in [-0.2, -0.15) is 0 Å². The third kappa shape index (κ3) is 6.58. The summed E-state index contributed by atoms with van der Waals surface area (Å²) in [5.74, 6) is -0.573. The second-order valence-electron chi connectivity index (χ2n) is 8.01. The Bertz CT molecular complexity index is 1210. The fourth-order valence-corrected chi connectivity index (χ4v) is 4.15. The van der Waals surface area contributed by atoms with Gasteiger partial charge >= 0.3 is 0 Å². The molecular formula is C24H25Cl2FN6O3. The molecule has 1 aromatic carbocycles. The van der Waals surface area contributed by atoms with Crippen molar-refractivity contribution >= 4 is 34.9 Å². The molecule has 0 unspecified atom stereocenters. The van der Waals surface area contributed by atoms with E-state index in [0.717, 1.165) is 32.8 Å². The predicted octanol–water partition coefficient (Wildman–Crippen LogP) is 3.25. The highest BCUT2D eigenvalue weighted by Gasteiger charge is 2.14. The number of ether oxygens (including phenoxy) is 2. The second kappa shape index (κ2) is 12.3. The maximum absolute atomic E-state index is 13.7. The van der Waals surface area contributed by atoms with Crippen molar-refractivity contribution in [1.29, 1.82) is 0 Å². The third-order valence-corrected chi connectivity index (χ3v) is 6.36. The van der Waals surface area contributed by atoms with Crippen LogP contribution < -0.4 is 15.8 Å². The Morgan fingerprint density at radius 2 is 1.94 bits per heavy atom. The van der Waals surface area contributed by atoms with Gasteiger partial charge in [0, 0.05) is 43.8 Å². The van der Waals surface area contributed by atoms with Crippen LogP contribution in [0.3, 0.4) is 0 Å². The van der Waals surface area contributed by atoms with Gasteiger partial charge in [0.25, 0.3) is 11.8 Å². The van der Waals surface area contributed by atoms with Crippen LogP contribution in [0.2, 0.25) is 10.0 Å². The van der Waals surface area contributed by atoms with E-state index >= 15 is 0 Å². The van der Waals surface area contributed by atoms with Crippen LogP contribution in [0.4, 0.5) is 10.2 Å². The molecule has 9 nitrogen and oxygen atoms in total. The maximum atomic E-state index is 13.7. The van der Waals surface area contributed by atoms with Gasteiger partial charge in [0.2, 0.25) is 0 Å². The Hall–Kier alpha value is -3.05. The summed E-state index contributed by atoms with van der Waals surface area (Å²) in [6.07, 6.45) is 3.19. The van der Waals surface area contributed by atoms with Gasteiger partial charge in [0.1, 0.15) is 11.5 Å². The molecule has 1 aliphatic heterocycles. The summed E-state index contributed by atoms with van der Waals surface area (Å²) in [4.78, 5) is 27.5. The molecule has 4 rings (SSSR count). The maximum Gasteiger partial charge on any atom is 0.257 e. The van der Waals surface area contributed by atoms with Gasteiger partial charge in [-0.05, 0) is 29.8 Å². The summed E-state index contributed by atoms with van der Waals surface area (Å²) >= 11 is 12.1. The van der Waals surface area contributed by atoms with Crippen molar-refractivity contribution in [2.45, 2.75) is 6.42 Å². The number of hydrogen-bond acceptors (Lipinski definition) is 8. The first kappa shape index (κ1) is 26.0. The minimum atomic E-state index is -0.558. The number of nitrogen functional groups attached to an aromatic ring is 1. The summed E-state index contributed by atoms with van der Waals surface area (Å²) in [6, 6.07) is 5.98. The lowest BCUT2D eigenvalue weighted by atomic mass is 10.1. The number of carbonyl (C=O) groups is 1. The molecule has 190 valence electrons. The largest absolute Gasteiger partial charge is 0.475 e. The zero-order valence-electron chi connectivity index (χ0n) is 19.3. The van der Waals surface area contributed by atoms with E-state index in [9.17, 15) is 9.18 Å². The van der Waals surface area contributed by atoms with Crippen molar-refractivity contribution in [3.8, 4) is 17.3 Å². The van der Waals surface area contributed by atoms with Gasteiger partial charge in [0.15, 0.2) is 5.82 Å². The lowest BCUT2D eigenvalue weighted by Crippen LogP contribution is -2.41. The zero-order valence-corrected chi connectivity index (χ0v) is 20.9. The molecule has 3 aromatic rings. The Balaban J connectivity index is 1.34. The number of halogens is 3. The molecule has 1 aliphatic rings. The SMILES string of the molecule is Nc1ncc(-c2ccc(C(=O)NCCN3CCOCC3)cn2)nc1OCCc1c(Cl)ccc(F)c1Cl. The smallest absolute Gasteiger partial charge is 0.257 e. The third-order valence-electron chi connectivity index (χ3n) is 5.60. The Morgan fingerprint density at radius 1 is 1.14 bits per heavy atom. The fraction of sp³-hybridized carbons (Fsp3) is 0.333. The highest BCUT2D eigenvalue weighted by molar-refractivity contribution is 6.36. The lowest BCUT2D eigenvalue weighted by molar-refractivity contribution is 0.0383. The molecule has 1 amide bonds. The fourth-order valence-electron chi connectivity index (χ4n) is 3.59. The van der Waals surface area contributed by atoms with E-state index in [1.165, 1.54) is 24.5 Å². The van der Waals surface area contributed by atoms with E-state index in [1.807, 2.05) is 0 Å². The molecule has 0 saturated carbocycles. The van der Waals surface area contributed by atoms with Gasteiger partial charge in [-0.25, -0.2) is 14.4 Å². The van der Waals surface area contributed by atoms with Crippen molar-refractivity contribution in [3.63, 3.8) is 0 Å². The summed E-state index contributed by atoms with van der Waals surface area (Å²) in [7, 11) is 0. The topological polar surface area (TPSA) is 115 Å². The summed E-state index contributed by atoms with van der Waals surface area (Å²) in [6.45, 7) is 4.58. The number of nitrogens with zero attached hydrogens (tertiary/aromatic N) is 4. The van der Waals surface area contributed by atoms with Gasteiger partial charge in [-0.1, -0.05) is 23.2 Å². The number of morpholine rings is 1. The van der Waals surface area contributed by atoms with Crippen molar-refractivity contribution < 1.29 is 18.7 Å². The van der Waals surface area contributed by atoms with Crippen molar-refractivity contribution in [2.75, 3.05) is 51.7 Å². The van der Waals surface area contributed by atoms with E-state index in [2.05, 4.69) is 25.2 Å². The van der Waals surface area contributed by atoms with Crippen molar-refractivity contribution in [1.82, 2.24) is 25.2 Å². The van der Waals surface area contributed by atoms with E-state index < -0.39 is 5.82 Å². The molecule has 36 heavy (non-hydrogen) atoms. The van der Waals surface area contributed by atoms with Crippen LogP contribution in [0.5, 0.6) is 5.88 Å². The van der Waals surface area contributed by atoms with Crippen LogP contribution in [0.15, 0.2) is 36.7 Å². The number of rotatable bonds is 9. The van der Waals surface area contributed by atoms with E-state index in [-0.39, 0.29) is 35.7 Å². The van der Waals surface area contributed by atoms with Crippen LogP contribution >= 0.6 is 23.2 Å². The number of aromatic nitrogens is 3. The number of nitrogens with two attached hydrogens (primary N) is 1. The Kier molecular flexibility index (Phi) is 8.87. The number of benzene rings is 1. The van der Waals surface area contributed by atoms with Crippen LogP contribution in [-0.4, -0.2) is 71.8 Å². The predicted molar refractivity (Wildman–Crippen MR) is 135 cm³/mol. The van der Waals surface area contributed by atoms with Crippen LogP contribution in [0, 0.1) is 5.82 Å². The first-order valence-electron chi connectivity index (χ1n) is 11.3. The zero-order chi connectivity index (χ0) is 25.5. The first-order valence-corrected chi connectivity index (χ1v) is 12.1. The molecule has 3 heterocycles. The molecule has 0 atom stereocenters. The molecule has 12 heteroatoms. The van der Waals surface area contributed by atoms with E-state index in [4.69, 9.17) is 38.4 Å². The molecular weight excluding hydrogens is 510 g/mol. The van der Waals surface area contributed by atoms with Crippen LogP contribution in [0.25, 0.3) is 11.4 Å².